The standard InChI is InChI=1S/C18H17N3O5S/c22-16(19-10-3-4-11-19)12-20-17(23)15(27-18(20)24)9-5-7-13-6-1-2-8-14(13)21(25)26/h1-2,5-9H,3-4,10-12H2/b7-5+,15-9-. The molecule has 140 valence electrons. The monoisotopic (exact) mass is 387 g/mol. The Kier molecular flexibility index (Phi) is 5.70. The number of nitrogens with zero attached hydrogens (tertiary/aromatic N) is 3. The minimum atomic E-state index is -0.523. The maximum absolute atomic E-state index is 12.4. The first-order valence-corrected chi connectivity index (χ1v) is 9.22. The van der Waals surface area contributed by atoms with Crippen LogP contribution in [0, 0.1) is 10.1 Å². The molecular weight excluding hydrogens is 370 g/mol. The van der Waals surface area contributed by atoms with E-state index in [4.69, 9.17) is 0 Å². The number of rotatable bonds is 5. The lowest BCUT2D eigenvalue weighted by atomic mass is 10.1. The summed E-state index contributed by atoms with van der Waals surface area (Å²) in [5.74, 6) is -0.753. The summed E-state index contributed by atoms with van der Waals surface area (Å²) >= 11 is 0.755. The molecule has 0 unspecified atom stereocenters. The van der Waals surface area contributed by atoms with Crippen LogP contribution in [0.5, 0.6) is 0 Å². The molecule has 0 spiro atoms. The summed E-state index contributed by atoms with van der Waals surface area (Å²) in [7, 11) is 0. The van der Waals surface area contributed by atoms with Crippen molar-refractivity contribution in [2.45, 2.75) is 12.8 Å². The van der Waals surface area contributed by atoms with Gasteiger partial charge in [-0.2, -0.15) is 0 Å². The first-order chi connectivity index (χ1) is 13.0. The van der Waals surface area contributed by atoms with Crippen LogP contribution in [0.4, 0.5) is 10.5 Å². The molecule has 2 aliphatic rings. The maximum Gasteiger partial charge on any atom is 0.294 e. The van der Waals surface area contributed by atoms with Gasteiger partial charge in [0.15, 0.2) is 0 Å². The zero-order valence-electron chi connectivity index (χ0n) is 14.4. The van der Waals surface area contributed by atoms with Crippen LogP contribution < -0.4 is 0 Å². The molecule has 0 atom stereocenters. The van der Waals surface area contributed by atoms with E-state index in [9.17, 15) is 24.5 Å². The topological polar surface area (TPSA) is 101 Å². The molecule has 0 aliphatic carbocycles. The van der Waals surface area contributed by atoms with E-state index in [0.717, 1.165) is 29.5 Å². The molecule has 0 saturated carbocycles. The maximum atomic E-state index is 12.4. The Morgan fingerprint density at radius 1 is 1.22 bits per heavy atom. The van der Waals surface area contributed by atoms with Gasteiger partial charge < -0.3 is 4.90 Å². The van der Waals surface area contributed by atoms with Crippen LogP contribution in [0.25, 0.3) is 6.08 Å². The van der Waals surface area contributed by atoms with E-state index in [-0.39, 0.29) is 23.0 Å². The van der Waals surface area contributed by atoms with Crippen molar-refractivity contribution in [3.63, 3.8) is 0 Å². The second-order valence-corrected chi connectivity index (χ2v) is 7.05. The van der Waals surface area contributed by atoms with Gasteiger partial charge in [0.2, 0.25) is 5.91 Å². The van der Waals surface area contributed by atoms with Crippen LogP contribution >= 0.6 is 11.8 Å². The van der Waals surface area contributed by atoms with Crippen LogP contribution in [-0.4, -0.2) is 51.4 Å². The Labute approximate surface area is 159 Å². The van der Waals surface area contributed by atoms with E-state index in [2.05, 4.69) is 0 Å². The predicted octanol–water partition coefficient (Wildman–Crippen LogP) is 2.81. The van der Waals surface area contributed by atoms with Gasteiger partial charge in [-0.15, -0.1) is 0 Å². The molecule has 2 heterocycles. The fraction of sp³-hybridized carbons (Fsp3) is 0.278. The zero-order chi connectivity index (χ0) is 19.4. The number of nitro groups is 1. The number of imide groups is 1. The number of allylic oxidation sites excluding steroid dienone is 2. The molecule has 2 fully saturated rings. The molecule has 3 rings (SSSR count). The molecule has 0 bridgehead atoms. The van der Waals surface area contributed by atoms with Crippen molar-refractivity contribution in [3.05, 3.63) is 57.0 Å². The lowest BCUT2D eigenvalue weighted by molar-refractivity contribution is -0.385. The highest BCUT2D eigenvalue weighted by Crippen LogP contribution is 2.31. The third-order valence-corrected chi connectivity index (χ3v) is 5.21. The molecule has 2 saturated heterocycles. The number of carbonyl (C=O) groups excluding carboxylic acids is 3. The third kappa shape index (κ3) is 4.25. The van der Waals surface area contributed by atoms with E-state index in [1.807, 2.05) is 0 Å². The average molecular weight is 387 g/mol. The summed E-state index contributed by atoms with van der Waals surface area (Å²) in [6, 6.07) is 6.21. The zero-order valence-corrected chi connectivity index (χ0v) is 15.2. The fourth-order valence-corrected chi connectivity index (χ4v) is 3.68. The van der Waals surface area contributed by atoms with Gasteiger partial charge in [-0.25, -0.2) is 0 Å². The average Bonchev–Trinajstić information content (AvgIpc) is 3.27. The van der Waals surface area contributed by atoms with Crippen molar-refractivity contribution in [2.24, 2.45) is 0 Å². The second-order valence-electron chi connectivity index (χ2n) is 6.05. The number of nitro benzene ring substituents is 1. The van der Waals surface area contributed by atoms with E-state index in [0.29, 0.717) is 18.7 Å². The normalized spacial score (nSPS) is 18.9. The lowest BCUT2D eigenvalue weighted by Gasteiger charge is -2.18. The van der Waals surface area contributed by atoms with Crippen molar-refractivity contribution >= 4 is 40.6 Å². The fourth-order valence-electron chi connectivity index (χ4n) is 2.89. The number of likely N-dealkylation sites (tertiary alicyclic amines) is 1. The minimum Gasteiger partial charge on any atom is -0.341 e. The van der Waals surface area contributed by atoms with Crippen LogP contribution in [0.3, 0.4) is 0 Å². The van der Waals surface area contributed by atoms with Gasteiger partial charge in [-0.05, 0) is 42.8 Å². The summed E-state index contributed by atoms with van der Waals surface area (Å²) in [6.45, 7) is 1.06. The number of carbonyl (C=O) groups is 3. The predicted molar refractivity (Wildman–Crippen MR) is 101 cm³/mol. The van der Waals surface area contributed by atoms with E-state index >= 15 is 0 Å². The van der Waals surface area contributed by atoms with Gasteiger partial charge in [0.1, 0.15) is 6.54 Å². The number of hydrogen-bond acceptors (Lipinski definition) is 6. The first kappa shape index (κ1) is 18.8. The van der Waals surface area contributed by atoms with Crippen molar-refractivity contribution < 1.29 is 19.3 Å². The van der Waals surface area contributed by atoms with Gasteiger partial charge in [0.25, 0.3) is 16.8 Å². The molecule has 27 heavy (non-hydrogen) atoms. The summed E-state index contributed by atoms with van der Waals surface area (Å²) in [5, 5.41) is 10.5. The summed E-state index contributed by atoms with van der Waals surface area (Å²) in [4.78, 5) is 49.9. The van der Waals surface area contributed by atoms with Crippen molar-refractivity contribution in [2.75, 3.05) is 19.6 Å². The lowest BCUT2D eigenvalue weighted by Crippen LogP contribution is -2.40. The van der Waals surface area contributed by atoms with Crippen LogP contribution in [0.1, 0.15) is 18.4 Å². The Bertz CT molecular complexity index is 858. The van der Waals surface area contributed by atoms with Crippen LogP contribution in [0.15, 0.2) is 41.3 Å². The number of thioether (sulfide) groups is 1. The molecule has 0 N–H and O–H groups in total. The van der Waals surface area contributed by atoms with Gasteiger partial charge in [-0.3, -0.25) is 29.4 Å². The highest BCUT2D eigenvalue weighted by Gasteiger charge is 2.37. The number of amides is 3. The minimum absolute atomic E-state index is 0.0496. The summed E-state index contributed by atoms with van der Waals surface area (Å²) < 4.78 is 0. The highest BCUT2D eigenvalue weighted by atomic mass is 32.2. The van der Waals surface area contributed by atoms with Gasteiger partial charge in [-0.1, -0.05) is 18.2 Å². The van der Waals surface area contributed by atoms with Gasteiger partial charge in [0, 0.05) is 19.2 Å². The van der Waals surface area contributed by atoms with Crippen LogP contribution in [-0.2, 0) is 9.59 Å². The largest absolute Gasteiger partial charge is 0.341 e. The van der Waals surface area contributed by atoms with E-state index in [1.165, 1.54) is 24.3 Å². The molecular formula is C18H17N3O5S. The van der Waals surface area contributed by atoms with Crippen molar-refractivity contribution in [1.82, 2.24) is 9.80 Å². The molecule has 9 heteroatoms. The van der Waals surface area contributed by atoms with E-state index in [1.54, 1.807) is 23.1 Å². The van der Waals surface area contributed by atoms with Crippen molar-refractivity contribution in [3.8, 4) is 0 Å². The summed E-state index contributed by atoms with van der Waals surface area (Å²) in [5.41, 5.74) is 0.341. The highest BCUT2D eigenvalue weighted by molar-refractivity contribution is 8.18. The quantitative estimate of drug-likeness (QED) is 0.437. The Morgan fingerprint density at radius 2 is 1.93 bits per heavy atom. The van der Waals surface area contributed by atoms with Gasteiger partial charge in [0.05, 0.1) is 15.4 Å². The second kappa shape index (κ2) is 8.17. The Hall–Kier alpha value is -2.94. The molecule has 1 aromatic carbocycles. The molecule has 0 radical (unpaired) electrons. The number of benzene rings is 1. The smallest absolute Gasteiger partial charge is 0.294 e. The molecule has 8 nitrogen and oxygen atoms in total. The number of para-hydroxylation sites is 1. The SMILES string of the molecule is O=C(CN1C(=O)S/C(=C\C=C\c2ccccc2[N+](=O)[O-])C1=O)N1CCCC1. The Morgan fingerprint density at radius 3 is 2.63 bits per heavy atom. The Balaban J connectivity index is 1.69. The summed E-state index contributed by atoms with van der Waals surface area (Å²) in [6.07, 6.45) is 6.29. The van der Waals surface area contributed by atoms with E-state index < -0.39 is 16.1 Å². The first-order valence-electron chi connectivity index (χ1n) is 8.40. The van der Waals surface area contributed by atoms with Gasteiger partial charge >= 0.3 is 0 Å². The molecule has 3 amide bonds. The number of hydrogen-bond donors (Lipinski definition) is 0. The van der Waals surface area contributed by atoms with Crippen molar-refractivity contribution in [1.29, 1.82) is 0 Å². The molecule has 0 aromatic heterocycles. The molecule has 2 aliphatic heterocycles. The van der Waals surface area contributed by atoms with Crippen LogP contribution in [0.2, 0.25) is 0 Å². The molecule has 1 aromatic rings. The third-order valence-electron chi connectivity index (χ3n) is 4.28.